The zero-order valence-corrected chi connectivity index (χ0v) is 13.3. The van der Waals surface area contributed by atoms with E-state index in [0.717, 1.165) is 6.26 Å². The van der Waals surface area contributed by atoms with Crippen molar-refractivity contribution >= 4 is 21.2 Å². The van der Waals surface area contributed by atoms with Gasteiger partial charge in [-0.25, -0.2) is 8.42 Å². The lowest BCUT2D eigenvalue weighted by molar-refractivity contribution is -0.386. The van der Waals surface area contributed by atoms with Crippen molar-refractivity contribution in [1.82, 2.24) is 0 Å². The Kier molecular flexibility index (Phi) is 4.44. The highest BCUT2D eigenvalue weighted by atomic mass is 32.2. The van der Waals surface area contributed by atoms with Crippen LogP contribution in [0.25, 0.3) is 0 Å². The van der Waals surface area contributed by atoms with Crippen molar-refractivity contribution in [3.8, 4) is 0 Å². The summed E-state index contributed by atoms with van der Waals surface area (Å²) in [6.07, 6.45) is 2.30. The fourth-order valence-corrected chi connectivity index (χ4v) is 2.95. The van der Waals surface area contributed by atoms with Crippen LogP contribution in [0.5, 0.6) is 0 Å². The highest BCUT2D eigenvalue weighted by Gasteiger charge is 2.30. The van der Waals surface area contributed by atoms with Gasteiger partial charge in [-0.2, -0.15) is 0 Å². The van der Waals surface area contributed by atoms with Crippen LogP contribution in [0.15, 0.2) is 45.9 Å². The maximum atomic E-state index is 11.7. The summed E-state index contributed by atoms with van der Waals surface area (Å²) in [5.41, 5.74) is -1.96. The largest absolute Gasteiger partial charge is 0.466 e. The molecule has 0 fully saturated rings. The molecule has 0 aliphatic carbocycles. The monoisotopic (exact) mass is 340 g/mol. The van der Waals surface area contributed by atoms with Crippen LogP contribution < -0.4 is 5.32 Å². The number of nitro benzene ring substituents is 1. The molecule has 0 spiro atoms. The third-order valence-electron chi connectivity index (χ3n) is 3.26. The van der Waals surface area contributed by atoms with Gasteiger partial charge in [0.05, 0.1) is 17.7 Å². The zero-order chi connectivity index (χ0) is 17.3. The molecule has 0 saturated heterocycles. The number of nitrogens with zero attached hydrogens (tertiary/aromatic N) is 1. The fraction of sp³-hybridized carbons (Fsp3) is 0.286. The molecule has 2 rings (SSSR count). The summed E-state index contributed by atoms with van der Waals surface area (Å²) in [7, 11) is -3.76. The molecule has 0 aliphatic heterocycles. The highest BCUT2D eigenvalue weighted by Crippen LogP contribution is 2.33. The number of nitro groups is 1. The van der Waals surface area contributed by atoms with Crippen LogP contribution in [0.3, 0.4) is 0 Å². The number of aliphatic hydroxyl groups is 1. The third-order valence-corrected chi connectivity index (χ3v) is 4.38. The van der Waals surface area contributed by atoms with Crippen molar-refractivity contribution in [2.75, 3.05) is 18.1 Å². The van der Waals surface area contributed by atoms with Gasteiger partial charge < -0.3 is 14.8 Å². The number of rotatable bonds is 6. The Morgan fingerprint density at radius 3 is 2.57 bits per heavy atom. The smallest absolute Gasteiger partial charge is 0.310 e. The summed E-state index contributed by atoms with van der Waals surface area (Å²) in [5, 5.41) is 24.3. The SMILES string of the molecule is CC(O)(CNc1cccc(S(C)(=O)=O)c1[N+](=O)[O-])c1ccco1. The Morgan fingerprint density at radius 2 is 2.04 bits per heavy atom. The summed E-state index contributed by atoms with van der Waals surface area (Å²) in [4.78, 5) is 10.1. The first-order valence-electron chi connectivity index (χ1n) is 6.60. The molecular formula is C14H16N2O6S. The first-order valence-corrected chi connectivity index (χ1v) is 8.50. The summed E-state index contributed by atoms with van der Waals surface area (Å²) < 4.78 is 28.5. The fourth-order valence-electron chi connectivity index (χ4n) is 2.09. The molecule has 0 amide bonds. The summed E-state index contributed by atoms with van der Waals surface area (Å²) in [5.74, 6) is 0.284. The Labute approximate surface area is 132 Å². The Bertz CT molecular complexity index is 812. The molecule has 0 saturated carbocycles. The number of sulfone groups is 1. The van der Waals surface area contributed by atoms with E-state index in [9.17, 15) is 23.6 Å². The lowest BCUT2D eigenvalue weighted by Gasteiger charge is -2.22. The van der Waals surface area contributed by atoms with E-state index < -0.39 is 26.0 Å². The summed E-state index contributed by atoms with van der Waals surface area (Å²) >= 11 is 0. The Balaban J connectivity index is 2.36. The maximum Gasteiger partial charge on any atom is 0.310 e. The molecule has 0 bridgehead atoms. The molecule has 124 valence electrons. The Morgan fingerprint density at radius 1 is 1.35 bits per heavy atom. The molecule has 0 aliphatic rings. The average Bonchev–Trinajstić information content (AvgIpc) is 2.98. The van der Waals surface area contributed by atoms with Gasteiger partial charge in [-0.15, -0.1) is 0 Å². The molecule has 2 aromatic rings. The lowest BCUT2D eigenvalue weighted by atomic mass is 10.0. The second kappa shape index (κ2) is 6.01. The number of hydrogen-bond donors (Lipinski definition) is 2. The molecular weight excluding hydrogens is 324 g/mol. The van der Waals surface area contributed by atoms with E-state index in [4.69, 9.17) is 4.42 Å². The van der Waals surface area contributed by atoms with Crippen molar-refractivity contribution in [1.29, 1.82) is 0 Å². The molecule has 1 atom stereocenters. The minimum absolute atomic E-state index is 0.00440. The van der Waals surface area contributed by atoms with Crippen LogP contribution in [0.2, 0.25) is 0 Å². The van der Waals surface area contributed by atoms with Gasteiger partial charge >= 0.3 is 5.69 Å². The van der Waals surface area contributed by atoms with Crippen LogP contribution in [-0.2, 0) is 15.4 Å². The van der Waals surface area contributed by atoms with Gasteiger partial charge in [0, 0.05) is 6.26 Å². The van der Waals surface area contributed by atoms with Crippen molar-refractivity contribution < 1.29 is 22.9 Å². The minimum atomic E-state index is -3.76. The lowest BCUT2D eigenvalue weighted by Crippen LogP contribution is -2.30. The predicted molar refractivity (Wildman–Crippen MR) is 83.0 cm³/mol. The van der Waals surface area contributed by atoms with Gasteiger partial charge in [0.15, 0.2) is 9.84 Å². The molecule has 23 heavy (non-hydrogen) atoms. The van der Waals surface area contributed by atoms with E-state index in [2.05, 4.69) is 5.32 Å². The molecule has 0 radical (unpaired) electrons. The van der Waals surface area contributed by atoms with Crippen LogP contribution >= 0.6 is 0 Å². The number of para-hydroxylation sites is 1. The van der Waals surface area contributed by atoms with Gasteiger partial charge in [-0.05, 0) is 31.2 Å². The third kappa shape index (κ3) is 3.69. The normalized spacial score (nSPS) is 14.2. The number of furan rings is 1. The number of anilines is 1. The minimum Gasteiger partial charge on any atom is -0.466 e. The molecule has 1 aromatic heterocycles. The van der Waals surface area contributed by atoms with Crippen molar-refractivity contribution in [2.24, 2.45) is 0 Å². The second-order valence-corrected chi connectivity index (χ2v) is 7.27. The van der Waals surface area contributed by atoms with E-state index in [1.165, 1.54) is 31.4 Å². The second-order valence-electron chi connectivity index (χ2n) is 5.29. The van der Waals surface area contributed by atoms with Crippen LogP contribution in [-0.4, -0.2) is 31.2 Å². The van der Waals surface area contributed by atoms with Crippen molar-refractivity contribution in [2.45, 2.75) is 17.4 Å². The van der Waals surface area contributed by atoms with Gasteiger partial charge in [0.25, 0.3) is 0 Å². The summed E-state index contributed by atoms with van der Waals surface area (Å²) in [6.45, 7) is 1.37. The van der Waals surface area contributed by atoms with Gasteiger partial charge in [0.1, 0.15) is 21.9 Å². The van der Waals surface area contributed by atoms with E-state index in [0.29, 0.717) is 0 Å². The van der Waals surface area contributed by atoms with Crippen LogP contribution in [0.1, 0.15) is 12.7 Å². The van der Waals surface area contributed by atoms with E-state index in [1.54, 1.807) is 12.1 Å². The molecule has 1 heterocycles. The summed E-state index contributed by atoms with van der Waals surface area (Å²) in [6, 6.07) is 7.13. The number of nitrogens with one attached hydrogen (secondary N) is 1. The maximum absolute atomic E-state index is 11.7. The molecule has 1 aromatic carbocycles. The van der Waals surface area contributed by atoms with Gasteiger partial charge in [-0.1, -0.05) is 6.07 Å². The first kappa shape index (κ1) is 17.0. The van der Waals surface area contributed by atoms with Crippen LogP contribution in [0.4, 0.5) is 11.4 Å². The Hall–Kier alpha value is -2.39. The molecule has 9 heteroatoms. The first-order chi connectivity index (χ1) is 10.6. The van der Waals surface area contributed by atoms with Crippen LogP contribution in [0, 0.1) is 10.1 Å². The quantitative estimate of drug-likeness (QED) is 0.608. The topological polar surface area (TPSA) is 123 Å². The van der Waals surface area contributed by atoms with Crippen molar-refractivity contribution in [3.63, 3.8) is 0 Å². The van der Waals surface area contributed by atoms with E-state index >= 15 is 0 Å². The average molecular weight is 340 g/mol. The predicted octanol–water partition coefficient (Wildman–Crippen LogP) is 1.91. The molecule has 2 N–H and O–H groups in total. The number of hydrogen-bond acceptors (Lipinski definition) is 7. The van der Waals surface area contributed by atoms with Gasteiger partial charge in [-0.3, -0.25) is 10.1 Å². The van der Waals surface area contributed by atoms with Gasteiger partial charge in [0.2, 0.25) is 0 Å². The highest BCUT2D eigenvalue weighted by molar-refractivity contribution is 7.90. The molecule has 1 unspecified atom stereocenters. The number of benzene rings is 1. The zero-order valence-electron chi connectivity index (χ0n) is 12.5. The standard InChI is InChI=1S/C14H16N2O6S/c1-14(17,12-7-4-8-22-12)9-15-10-5-3-6-11(23(2,20)21)13(10)16(18)19/h3-8,15,17H,9H2,1-2H3. The molecule has 8 nitrogen and oxygen atoms in total. The van der Waals surface area contributed by atoms with E-state index in [-0.39, 0.29) is 22.9 Å². The van der Waals surface area contributed by atoms with E-state index in [1.807, 2.05) is 0 Å². The van der Waals surface area contributed by atoms with Crippen molar-refractivity contribution in [3.05, 3.63) is 52.5 Å².